The van der Waals surface area contributed by atoms with Gasteiger partial charge < -0.3 is 5.73 Å². The van der Waals surface area contributed by atoms with Crippen molar-refractivity contribution in [2.24, 2.45) is 12.8 Å². The van der Waals surface area contributed by atoms with Crippen molar-refractivity contribution in [3.05, 3.63) is 12.2 Å². The van der Waals surface area contributed by atoms with E-state index in [1.807, 2.05) is 6.92 Å². The highest BCUT2D eigenvalue weighted by atomic mass is 32.2. The second kappa shape index (κ2) is 5.21. The number of nitrogens with two attached hydrogens (primary N) is 1. The summed E-state index contributed by atoms with van der Waals surface area (Å²) in [6.07, 6.45) is 2.32. The van der Waals surface area contributed by atoms with Crippen LogP contribution in [-0.2, 0) is 23.6 Å². The zero-order chi connectivity index (χ0) is 10.6. The van der Waals surface area contributed by atoms with E-state index < -0.39 is 10.8 Å². The summed E-state index contributed by atoms with van der Waals surface area (Å²) in [5.74, 6) is 1.71. The first-order chi connectivity index (χ1) is 6.63. The fourth-order valence-electron chi connectivity index (χ4n) is 1.01. The summed E-state index contributed by atoms with van der Waals surface area (Å²) < 4.78 is 13.2. The van der Waals surface area contributed by atoms with E-state index in [0.717, 1.165) is 12.2 Å². The molecule has 0 aromatic carbocycles. The molecule has 0 bridgehead atoms. The Bertz CT molecular complexity index is 312. The van der Waals surface area contributed by atoms with Crippen LogP contribution in [-0.4, -0.2) is 30.8 Å². The molecule has 0 aliphatic rings. The number of hydrogen-bond donors (Lipinski definition) is 1. The van der Waals surface area contributed by atoms with Gasteiger partial charge in [0.15, 0.2) is 0 Å². The van der Waals surface area contributed by atoms with E-state index >= 15 is 0 Å². The lowest BCUT2D eigenvalue weighted by Crippen LogP contribution is -2.26. The van der Waals surface area contributed by atoms with Crippen molar-refractivity contribution in [1.29, 1.82) is 0 Å². The molecule has 0 amide bonds. The van der Waals surface area contributed by atoms with Crippen molar-refractivity contribution in [3.63, 3.8) is 0 Å². The highest BCUT2D eigenvalue weighted by molar-refractivity contribution is 7.84. The van der Waals surface area contributed by atoms with Crippen LogP contribution in [0.3, 0.4) is 0 Å². The molecule has 14 heavy (non-hydrogen) atoms. The minimum Gasteiger partial charge on any atom is -0.327 e. The van der Waals surface area contributed by atoms with Gasteiger partial charge in [0.25, 0.3) is 0 Å². The molecule has 0 saturated heterocycles. The van der Waals surface area contributed by atoms with E-state index in [1.54, 1.807) is 11.7 Å². The predicted molar refractivity (Wildman–Crippen MR) is 56.0 cm³/mol. The Morgan fingerprint density at radius 2 is 2.43 bits per heavy atom. The molecule has 0 aliphatic carbocycles. The molecular formula is C8H16N4OS. The zero-order valence-electron chi connectivity index (χ0n) is 8.51. The van der Waals surface area contributed by atoms with E-state index in [2.05, 4.69) is 10.1 Å². The molecule has 0 radical (unpaired) electrons. The Morgan fingerprint density at radius 3 is 2.93 bits per heavy atom. The first kappa shape index (κ1) is 11.3. The Labute approximate surface area is 86.2 Å². The molecule has 80 valence electrons. The van der Waals surface area contributed by atoms with Crippen molar-refractivity contribution < 1.29 is 4.21 Å². The lowest BCUT2D eigenvalue weighted by Gasteiger charge is -2.07. The van der Waals surface area contributed by atoms with Crippen molar-refractivity contribution in [3.8, 4) is 0 Å². The van der Waals surface area contributed by atoms with Gasteiger partial charge in [0.2, 0.25) is 0 Å². The zero-order valence-corrected chi connectivity index (χ0v) is 9.33. The lowest BCUT2D eigenvalue weighted by molar-refractivity contribution is 0.657. The van der Waals surface area contributed by atoms with Crippen LogP contribution in [0.5, 0.6) is 0 Å². The van der Waals surface area contributed by atoms with Crippen molar-refractivity contribution in [2.45, 2.75) is 25.1 Å². The van der Waals surface area contributed by atoms with Crippen molar-refractivity contribution in [1.82, 2.24) is 14.8 Å². The van der Waals surface area contributed by atoms with E-state index in [0.29, 0.717) is 11.5 Å². The van der Waals surface area contributed by atoms with Crippen LogP contribution in [0.25, 0.3) is 0 Å². The van der Waals surface area contributed by atoms with Crippen molar-refractivity contribution >= 4 is 10.8 Å². The molecule has 2 atom stereocenters. The summed E-state index contributed by atoms with van der Waals surface area (Å²) in [6, 6.07) is 0.0176. The van der Waals surface area contributed by atoms with E-state index in [4.69, 9.17) is 5.73 Å². The van der Waals surface area contributed by atoms with Gasteiger partial charge in [-0.05, 0) is 6.42 Å². The van der Waals surface area contributed by atoms with Crippen molar-refractivity contribution in [2.75, 3.05) is 5.75 Å². The van der Waals surface area contributed by atoms with Crippen LogP contribution in [0.4, 0.5) is 0 Å². The third-order valence-electron chi connectivity index (χ3n) is 2.02. The molecule has 0 saturated carbocycles. The largest absolute Gasteiger partial charge is 0.327 e. The van der Waals surface area contributed by atoms with Crippen LogP contribution >= 0.6 is 0 Å². The van der Waals surface area contributed by atoms with Crippen LogP contribution in [0.1, 0.15) is 19.2 Å². The summed E-state index contributed by atoms with van der Waals surface area (Å²) in [7, 11) is 0.853. The Morgan fingerprint density at radius 1 is 1.71 bits per heavy atom. The molecule has 1 aromatic rings. The molecule has 1 aromatic heterocycles. The normalized spacial score (nSPS) is 15.4. The molecule has 2 N–H and O–H groups in total. The van der Waals surface area contributed by atoms with Crippen LogP contribution in [0.2, 0.25) is 0 Å². The van der Waals surface area contributed by atoms with Gasteiger partial charge in [-0.25, -0.2) is 4.98 Å². The SMILES string of the molecule is CCC(N)CS(=O)Cc1ncnn1C. The standard InChI is InChI=1S/C8H16N4OS/c1-3-7(9)4-14(13)5-8-10-6-11-12(8)2/h6-7H,3-5,9H2,1-2H3. The number of rotatable bonds is 5. The minimum absolute atomic E-state index is 0.0176. The number of aryl methyl sites for hydroxylation is 1. The summed E-state index contributed by atoms with van der Waals surface area (Å²) in [5, 5.41) is 3.91. The first-order valence-corrected chi connectivity index (χ1v) is 6.05. The third kappa shape index (κ3) is 3.19. The van der Waals surface area contributed by atoms with Gasteiger partial charge in [-0.1, -0.05) is 6.92 Å². The van der Waals surface area contributed by atoms with Gasteiger partial charge in [0.1, 0.15) is 12.2 Å². The quantitative estimate of drug-likeness (QED) is 0.740. The second-order valence-electron chi connectivity index (χ2n) is 3.22. The van der Waals surface area contributed by atoms with Crippen LogP contribution in [0.15, 0.2) is 6.33 Å². The molecule has 6 heteroatoms. The van der Waals surface area contributed by atoms with E-state index in [1.165, 1.54) is 6.33 Å². The molecule has 1 heterocycles. The van der Waals surface area contributed by atoms with E-state index in [-0.39, 0.29) is 6.04 Å². The maximum absolute atomic E-state index is 11.6. The Kier molecular flexibility index (Phi) is 4.21. The second-order valence-corrected chi connectivity index (χ2v) is 4.72. The highest BCUT2D eigenvalue weighted by Crippen LogP contribution is 2.00. The van der Waals surface area contributed by atoms with Crippen LogP contribution in [0, 0.1) is 0 Å². The predicted octanol–water partition coefficient (Wildman–Crippen LogP) is -0.199. The summed E-state index contributed by atoms with van der Waals surface area (Å²) in [6.45, 7) is 1.99. The van der Waals surface area contributed by atoms with Gasteiger partial charge in [-0.15, -0.1) is 0 Å². The molecule has 0 aliphatic heterocycles. The van der Waals surface area contributed by atoms with Gasteiger partial charge in [0, 0.05) is 29.6 Å². The maximum Gasteiger partial charge on any atom is 0.139 e. The average Bonchev–Trinajstić information content (AvgIpc) is 2.51. The highest BCUT2D eigenvalue weighted by Gasteiger charge is 2.09. The lowest BCUT2D eigenvalue weighted by atomic mass is 10.3. The smallest absolute Gasteiger partial charge is 0.139 e. The van der Waals surface area contributed by atoms with Gasteiger partial charge in [-0.3, -0.25) is 8.89 Å². The summed E-state index contributed by atoms with van der Waals surface area (Å²) >= 11 is 0. The van der Waals surface area contributed by atoms with E-state index in [9.17, 15) is 4.21 Å². The monoisotopic (exact) mass is 216 g/mol. The first-order valence-electron chi connectivity index (χ1n) is 4.57. The third-order valence-corrected chi connectivity index (χ3v) is 3.40. The molecule has 1 rings (SSSR count). The summed E-state index contributed by atoms with van der Waals surface area (Å²) in [4.78, 5) is 4.01. The van der Waals surface area contributed by atoms with Gasteiger partial charge >= 0.3 is 0 Å². The molecule has 0 fully saturated rings. The average molecular weight is 216 g/mol. The van der Waals surface area contributed by atoms with Crippen LogP contribution < -0.4 is 5.73 Å². The number of hydrogen-bond acceptors (Lipinski definition) is 4. The molecule has 2 unspecified atom stereocenters. The maximum atomic E-state index is 11.6. The molecule has 5 nitrogen and oxygen atoms in total. The number of nitrogens with zero attached hydrogens (tertiary/aromatic N) is 3. The Hall–Kier alpha value is -0.750. The minimum atomic E-state index is -0.938. The fourth-order valence-corrected chi connectivity index (χ4v) is 2.39. The molecule has 0 spiro atoms. The van der Waals surface area contributed by atoms with Gasteiger partial charge in [0.05, 0.1) is 5.75 Å². The topological polar surface area (TPSA) is 73.8 Å². The molecular weight excluding hydrogens is 200 g/mol. The van der Waals surface area contributed by atoms with Gasteiger partial charge in [-0.2, -0.15) is 5.10 Å². The fraction of sp³-hybridized carbons (Fsp3) is 0.750. The number of aromatic nitrogens is 3. The summed E-state index contributed by atoms with van der Waals surface area (Å²) in [5.41, 5.74) is 5.70. The Balaban J connectivity index is 2.45.